The molecule has 0 fully saturated rings. The summed E-state index contributed by atoms with van der Waals surface area (Å²) in [6.45, 7) is 2.15. The molecule has 3 rings (SSSR count). The molecule has 0 saturated heterocycles. The first kappa shape index (κ1) is 19.5. The molecule has 10 heteroatoms. The molecular weight excluding hydrogens is 373 g/mol. The Morgan fingerprint density at radius 3 is 2.68 bits per heavy atom. The molecule has 0 radical (unpaired) electrons. The van der Waals surface area contributed by atoms with Gasteiger partial charge in [0, 0.05) is 25.5 Å². The predicted molar refractivity (Wildman–Crippen MR) is 97.2 cm³/mol. The highest BCUT2D eigenvalue weighted by molar-refractivity contribution is 6.00. The van der Waals surface area contributed by atoms with Gasteiger partial charge >= 0.3 is 6.18 Å². The average molecular weight is 392 g/mol. The van der Waals surface area contributed by atoms with E-state index in [-0.39, 0.29) is 24.6 Å². The molecule has 0 aromatic carbocycles. The monoisotopic (exact) mass is 392 g/mol. The molecule has 0 atom stereocenters. The first-order chi connectivity index (χ1) is 13.3. The van der Waals surface area contributed by atoms with Gasteiger partial charge in [-0.2, -0.15) is 13.2 Å². The zero-order valence-corrected chi connectivity index (χ0v) is 15.3. The highest BCUT2D eigenvalue weighted by Crippen LogP contribution is 2.29. The molecule has 0 aliphatic carbocycles. The van der Waals surface area contributed by atoms with E-state index in [0.717, 1.165) is 18.3 Å². The summed E-state index contributed by atoms with van der Waals surface area (Å²) in [5.74, 6) is 0.764. The molecule has 148 valence electrons. The summed E-state index contributed by atoms with van der Waals surface area (Å²) >= 11 is 0. The Hall–Kier alpha value is -3.30. The van der Waals surface area contributed by atoms with Gasteiger partial charge in [0.2, 0.25) is 0 Å². The SMILES string of the molecule is CNc1ccn(Cc2cc(C(F)(F)F)ccn2)c1C(=N)NCc1cc(C)on1. The van der Waals surface area contributed by atoms with Crippen LogP contribution < -0.4 is 10.6 Å². The first-order valence-corrected chi connectivity index (χ1v) is 8.42. The lowest BCUT2D eigenvalue weighted by atomic mass is 10.2. The normalized spacial score (nSPS) is 11.5. The predicted octanol–water partition coefficient (Wildman–Crippen LogP) is 3.40. The molecule has 3 aromatic rings. The second-order valence-corrected chi connectivity index (χ2v) is 6.15. The maximum atomic E-state index is 12.9. The zero-order chi connectivity index (χ0) is 20.3. The second kappa shape index (κ2) is 7.75. The van der Waals surface area contributed by atoms with E-state index < -0.39 is 11.7 Å². The molecule has 0 aliphatic heterocycles. The highest BCUT2D eigenvalue weighted by atomic mass is 19.4. The van der Waals surface area contributed by atoms with E-state index in [1.807, 2.05) is 0 Å². The Bertz CT molecular complexity index is 976. The summed E-state index contributed by atoms with van der Waals surface area (Å²) in [4.78, 5) is 4.03. The third-order valence-electron chi connectivity index (χ3n) is 4.07. The van der Waals surface area contributed by atoms with Crippen molar-refractivity contribution in [3.05, 3.63) is 65.1 Å². The molecule has 3 heterocycles. The van der Waals surface area contributed by atoms with Crippen molar-refractivity contribution in [3.8, 4) is 0 Å². The van der Waals surface area contributed by atoms with Crippen LogP contribution in [0.15, 0.2) is 41.2 Å². The average Bonchev–Trinajstić information content (AvgIpc) is 3.25. The van der Waals surface area contributed by atoms with Crippen molar-refractivity contribution in [2.24, 2.45) is 0 Å². The fourth-order valence-corrected chi connectivity index (χ4v) is 2.76. The van der Waals surface area contributed by atoms with Crippen molar-refractivity contribution in [1.29, 1.82) is 5.41 Å². The van der Waals surface area contributed by atoms with Gasteiger partial charge in [-0.1, -0.05) is 5.16 Å². The second-order valence-electron chi connectivity index (χ2n) is 6.15. The number of aryl methyl sites for hydroxylation is 1. The number of aromatic nitrogens is 3. The third-order valence-corrected chi connectivity index (χ3v) is 4.07. The van der Waals surface area contributed by atoms with Crippen molar-refractivity contribution in [2.45, 2.75) is 26.2 Å². The maximum absolute atomic E-state index is 12.9. The van der Waals surface area contributed by atoms with Gasteiger partial charge < -0.3 is 19.7 Å². The third kappa shape index (κ3) is 4.33. The van der Waals surface area contributed by atoms with Crippen LogP contribution in [0.2, 0.25) is 0 Å². The number of pyridine rings is 1. The minimum atomic E-state index is -4.43. The van der Waals surface area contributed by atoms with Crippen LogP contribution in [0.1, 0.15) is 28.4 Å². The summed E-state index contributed by atoms with van der Waals surface area (Å²) in [6, 6.07) is 5.45. The molecular formula is C18H19F3N6O. The van der Waals surface area contributed by atoms with Gasteiger partial charge in [0.15, 0.2) is 0 Å². The lowest BCUT2D eigenvalue weighted by molar-refractivity contribution is -0.137. The molecule has 3 aromatic heterocycles. The van der Waals surface area contributed by atoms with E-state index in [2.05, 4.69) is 20.8 Å². The fourth-order valence-electron chi connectivity index (χ4n) is 2.76. The van der Waals surface area contributed by atoms with E-state index >= 15 is 0 Å². The minimum absolute atomic E-state index is 0.0913. The standard InChI is InChI=1S/C18H19F3N6O/c1-11-7-13(26-28-11)9-25-17(22)16-15(23-2)4-6-27(16)10-14-8-12(3-5-24-14)18(19,20)21/h3-8,23H,9-10H2,1-2H3,(H2,22,25). The molecule has 0 unspecified atom stereocenters. The molecule has 0 aliphatic rings. The number of nitrogens with zero attached hydrogens (tertiary/aromatic N) is 3. The maximum Gasteiger partial charge on any atom is 0.416 e. The highest BCUT2D eigenvalue weighted by Gasteiger charge is 2.30. The molecule has 0 bridgehead atoms. The molecule has 3 N–H and O–H groups in total. The Morgan fingerprint density at radius 1 is 1.25 bits per heavy atom. The molecule has 0 amide bonds. The van der Waals surface area contributed by atoms with Crippen molar-refractivity contribution in [1.82, 2.24) is 20.0 Å². The van der Waals surface area contributed by atoms with E-state index in [4.69, 9.17) is 9.93 Å². The molecule has 7 nitrogen and oxygen atoms in total. The number of nitrogens with one attached hydrogen (secondary N) is 3. The fraction of sp³-hybridized carbons (Fsp3) is 0.278. The number of hydrogen-bond acceptors (Lipinski definition) is 5. The van der Waals surface area contributed by atoms with Crippen LogP contribution in [0.3, 0.4) is 0 Å². The zero-order valence-electron chi connectivity index (χ0n) is 15.3. The molecule has 28 heavy (non-hydrogen) atoms. The smallest absolute Gasteiger partial charge is 0.386 e. The Balaban J connectivity index is 1.81. The van der Waals surface area contributed by atoms with Crippen LogP contribution in [0.25, 0.3) is 0 Å². The number of amidine groups is 1. The summed E-state index contributed by atoms with van der Waals surface area (Å²) < 4.78 is 45.5. The van der Waals surface area contributed by atoms with Gasteiger partial charge in [-0.25, -0.2) is 0 Å². The number of hydrogen-bond donors (Lipinski definition) is 3. The Labute approximate surface area is 159 Å². The summed E-state index contributed by atoms with van der Waals surface area (Å²) in [5, 5.41) is 18.2. The summed E-state index contributed by atoms with van der Waals surface area (Å²) in [7, 11) is 1.71. The Kier molecular flexibility index (Phi) is 5.39. The van der Waals surface area contributed by atoms with Gasteiger partial charge in [-0.15, -0.1) is 0 Å². The van der Waals surface area contributed by atoms with Crippen LogP contribution in [-0.2, 0) is 19.3 Å². The van der Waals surface area contributed by atoms with Crippen LogP contribution in [-0.4, -0.2) is 27.6 Å². The number of alkyl halides is 3. The van der Waals surface area contributed by atoms with Gasteiger partial charge in [0.1, 0.15) is 23.0 Å². The van der Waals surface area contributed by atoms with Crippen molar-refractivity contribution in [2.75, 3.05) is 12.4 Å². The minimum Gasteiger partial charge on any atom is -0.386 e. The van der Waals surface area contributed by atoms with Crippen molar-refractivity contribution in [3.63, 3.8) is 0 Å². The van der Waals surface area contributed by atoms with E-state index in [1.54, 1.807) is 36.9 Å². The van der Waals surface area contributed by atoms with E-state index in [1.165, 1.54) is 0 Å². The molecule has 0 spiro atoms. The van der Waals surface area contributed by atoms with Gasteiger partial charge in [-0.05, 0) is 25.1 Å². The van der Waals surface area contributed by atoms with Crippen molar-refractivity contribution >= 4 is 11.5 Å². The van der Waals surface area contributed by atoms with Crippen LogP contribution >= 0.6 is 0 Å². The van der Waals surface area contributed by atoms with Gasteiger partial charge in [0.25, 0.3) is 0 Å². The lowest BCUT2D eigenvalue weighted by Crippen LogP contribution is -2.26. The lowest BCUT2D eigenvalue weighted by Gasteiger charge is -2.14. The number of halogens is 3. The summed E-state index contributed by atoms with van der Waals surface area (Å²) in [6.07, 6.45) is -1.60. The first-order valence-electron chi connectivity index (χ1n) is 8.42. The van der Waals surface area contributed by atoms with Crippen LogP contribution in [0.5, 0.6) is 0 Å². The van der Waals surface area contributed by atoms with E-state index in [0.29, 0.717) is 22.8 Å². The van der Waals surface area contributed by atoms with E-state index in [9.17, 15) is 13.2 Å². The summed E-state index contributed by atoms with van der Waals surface area (Å²) in [5.41, 5.74) is 1.30. The molecule has 0 saturated carbocycles. The van der Waals surface area contributed by atoms with Gasteiger partial charge in [-0.3, -0.25) is 10.4 Å². The topological polar surface area (TPSA) is 91.8 Å². The number of anilines is 1. The quantitative estimate of drug-likeness (QED) is 0.442. The Morgan fingerprint density at radius 2 is 2.04 bits per heavy atom. The van der Waals surface area contributed by atoms with Crippen LogP contribution in [0, 0.1) is 12.3 Å². The largest absolute Gasteiger partial charge is 0.416 e. The number of rotatable bonds is 6. The van der Waals surface area contributed by atoms with Gasteiger partial charge in [0.05, 0.1) is 30.0 Å². The van der Waals surface area contributed by atoms with Crippen LogP contribution in [0.4, 0.5) is 18.9 Å². The van der Waals surface area contributed by atoms with Crippen molar-refractivity contribution < 1.29 is 17.7 Å².